The Hall–Kier alpha value is -3.55. The Bertz CT molecular complexity index is 1020. The molecule has 0 aliphatic carbocycles. The molecule has 2 N–H and O–H groups in total. The van der Waals surface area contributed by atoms with E-state index in [0.29, 0.717) is 54.5 Å². The van der Waals surface area contributed by atoms with Crippen molar-refractivity contribution in [2.75, 3.05) is 25.1 Å². The molecule has 3 rings (SSSR count). The molecule has 0 saturated carbocycles. The SMILES string of the molecule is CCOc1ccc(CCNC(=O)Nc2ccc3c(c2)C(=O)N(C(C)C)C3=O)cc1OCC. The van der Waals surface area contributed by atoms with Gasteiger partial charge in [0.1, 0.15) is 0 Å². The second kappa shape index (κ2) is 10.2. The highest BCUT2D eigenvalue weighted by molar-refractivity contribution is 6.22. The van der Waals surface area contributed by atoms with Crippen LogP contribution in [0, 0.1) is 0 Å². The van der Waals surface area contributed by atoms with E-state index in [9.17, 15) is 14.4 Å². The standard InChI is InChI=1S/C24H29N3O5/c1-5-31-20-10-7-16(13-21(20)32-6-2)11-12-25-24(30)26-17-8-9-18-19(14-17)23(29)27(15(3)4)22(18)28/h7-10,13-15H,5-6,11-12H2,1-4H3,(H2,25,26,30). The molecule has 1 aliphatic heterocycles. The van der Waals surface area contributed by atoms with Crippen LogP contribution in [-0.2, 0) is 6.42 Å². The van der Waals surface area contributed by atoms with Gasteiger partial charge < -0.3 is 20.1 Å². The highest BCUT2D eigenvalue weighted by atomic mass is 16.5. The van der Waals surface area contributed by atoms with Crippen molar-refractivity contribution < 1.29 is 23.9 Å². The lowest BCUT2D eigenvalue weighted by molar-refractivity contribution is 0.0609. The minimum absolute atomic E-state index is 0.229. The van der Waals surface area contributed by atoms with Crippen molar-refractivity contribution in [3.63, 3.8) is 0 Å². The zero-order chi connectivity index (χ0) is 23.3. The Kier molecular flexibility index (Phi) is 7.35. The van der Waals surface area contributed by atoms with Crippen LogP contribution in [0.3, 0.4) is 0 Å². The van der Waals surface area contributed by atoms with E-state index in [1.165, 1.54) is 4.90 Å². The Balaban J connectivity index is 1.57. The summed E-state index contributed by atoms with van der Waals surface area (Å²) in [7, 11) is 0. The number of hydrogen-bond donors (Lipinski definition) is 2. The number of carbonyl (C=O) groups is 3. The summed E-state index contributed by atoms with van der Waals surface area (Å²) in [5, 5.41) is 5.52. The highest BCUT2D eigenvalue weighted by Crippen LogP contribution is 2.29. The molecule has 0 atom stereocenters. The molecule has 0 bridgehead atoms. The van der Waals surface area contributed by atoms with Gasteiger partial charge in [-0.2, -0.15) is 0 Å². The van der Waals surface area contributed by atoms with E-state index in [4.69, 9.17) is 9.47 Å². The number of anilines is 1. The number of imide groups is 1. The van der Waals surface area contributed by atoms with Gasteiger partial charge in [0.15, 0.2) is 11.5 Å². The lowest BCUT2D eigenvalue weighted by Crippen LogP contribution is -2.35. The average molecular weight is 440 g/mol. The third kappa shape index (κ3) is 5.01. The van der Waals surface area contributed by atoms with Crippen LogP contribution in [0.25, 0.3) is 0 Å². The molecule has 8 heteroatoms. The Morgan fingerprint density at radius 2 is 1.62 bits per heavy atom. The smallest absolute Gasteiger partial charge is 0.319 e. The van der Waals surface area contributed by atoms with E-state index in [-0.39, 0.29) is 17.9 Å². The molecule has 0 unspecified atom stereocenters. The van der Waals surface area contributed by atoms with Gasteiger partial charge in [0.25, 0.3) is 11.8 Å². The first kappa shape index (κ1) is 23.1. The maximum atomic E-state index is 12.5. The molecule has 2 aromatic rings. The van der Waals surface area contributed by atoms with Gasteiger partial charge in [0.05, 0.1) is 24.3 Å². The number of benzene rings is 2. The summed E-state index contributed by atoms with van der Waals surface area (Å²) in [5.74, 6) is 0.732. The summed E-state index contributed by atoms with van der Waals surface area (Å²) in [6.07, 6.45) is 0.612. The number of ether oxygens (including phenoxy) is 2. The molecule has 2 aromatic carbocycles. The van der Waals surface area contributed by atoms with Gasteiger partial charge in [0.2, 0.25) is 0 Å². The highest BCUT2D eigenvalue weighted by Gasteiger charge is 2.37. The third-order valence-electron chi connectivity index (χ3n) is 5.00. The van der Waals surface area contributed by atoms with Gasteiger partial charge in [-0.1, -0.05) is 6.07 Å². The number of fused-ring (bicyclic) bond motifs is 1. The number of carbonyl (C=O) groups excluding carboxylic acids is 3. The fourth-order valence-electron chi connectivity index (χ4n) is 3.55. The third-order valence-corrected chi connectivity index (χ3v) is 5.00. The van der Waals surface area contributed by atoms with Crippen molar-refractivity contribution in [3.8, 4) is 11.5 Å². The maximum Gasteiger partial charge on any atom is 0.319 e. The van der Waals surface area contributed by atoms with Gasteiger partial charge in [-0.05, 0) is 70.0 Å². The Morgan fingerprint density at radius 1 is 0.938 bits per heavy atom. The molecule has 4 amide bonds. The molecule has 1 heterocycles. The normalized spacial score (nSPS) is 12.7. The molecule has 0 radical (unpaired) electrons. The molecule has 8 nitrogen and oxygen atoms in total. The minimum atomic E-state index is -0.390. The summed E-state index contributed by atoms with van der Waals surface area (Å²) in [6, 6.07) is 9.84. The van der Waals surface area contributed by atoms with E-state index < -0.39 is 6.03 Å². The van der Waals surface area contributed by atoms with Crippen LogP contribution < -0.4 is 20.1 Å². The monoisotopic (exact) mass is 439 g/mol. The van der Waals surface area contributed by atoms with Crippen LogP contribution >= 0.6 is 0 Å². The van der Waals surface area contributed by atoms with Gasteiger partial charge in [0, 0.05) is 18.3 Å². The van der Waals surface area contributed by atoms with Gasteiger partial charge in [-0.15, -0.1) is 0 Å². The van der Waals surface area contributed by atoms with Crippen LogP contribution in [0.2, 0.25) is 0 Å². The maximum absolute atomic E-state index is 12.5. The van der Waals surface area contributed by atoms with Crippen molar-refractivity contribution in [2.45, 2.75) is 40.2 Å². The number of nitrogens with one attached hydrogen (secondary N) is 2. The second-order valence-electron chi connectivity index (χ2n) is 7.61. The first-order valence-electron chi connectivity index (χ1n) is 10.8. The molecule has 170 valence electrons. The number of amides is 4. The molecule has 0 aromatic heterocycles. The Labute approximate surface area is 187 Å². The molecule has 0 spiro atoms. The first-order valence-corrected chi connectivity index (χ1v) is 10.8. The first-order chi connectivity index (χ1) is 15.3. The zero-order valence-corrected chi connectivity index (χ0v) is 18.9. The van der Waals surface area contributed by atoms with E-state index in [0.717, 1.165) is 5.56 Å². The number of urea groups is 1. The van der Waals surface area contributed by atoms with Crippen LogP contribution in [0.1, 0.15) is 54.0 Å². The average Bonchev–Trinajstić information content (AvgIpc) is 3.00. The largest absolute Gasteiger partial charge is 0.490 e. The molecule has 1 aliphatic rings. The van der Waals surface area contributed by atoms with E-state index in [1.807, 2.05) is 32.0 Å². The van der Waals surface area contributed by atoms with Gasteiger partial charge >= 0.3 is 6.03 Å². The molecule has 0 fully saturated rings. The lowest BCUT2D eigenvalue weighted by atomic mass is 10.1. The fourth-order valence-corrected chi connectivity index (χ4v) is 3.55. The number of nitrogens with zero attached hydrogens (tertiary/aromatic N) is 1. The topological polar surface area (TPSA) is 97.0 Å². The van der Waals surface area contributed by atoms with Crippen LogP contribution in [0.4, 0.5) is 10.5 Å². The predicted molar refractivity (Wildman–Crippen MR) is 122 cm³/mol. The number of hydrogen-bond acceptors (Lipinski definition) is 5. The van der Waals surface area contributed by atoms with Gasteiger partial charge in [-0.25, -0.2) is 4.79 Å². The Morgan fingerprint density at radius 3 is 2.31 bits per heavy atom. The number of rotatable bonds is 9. The van der Waals surface area contributed by atoms with Crippen molar-refractivity contribution in [1.29, 1.82) is 0 Å². The molecule has 32 heavy (non-hydrogen) atoms. The quantitative estimate of drug-likeness (QED) is 0.579. The zero-order valence-electron chi connectivity index (χ0n) is 18.9. The summed E-state index contributed by atoms with van der Waals surface area (Å²) in [4.78, 5) is 38.4. The summed E-state index contributed by atoms with van der Waals surface area (Å²) < 4.78 is 11.2. The van der Waals surface area contributed by atoms with E-state index in [2.05, 4.69) is 10.6 Å². The minimum Gasteiger partial charge on any atom is -0.490 e. The molecular formula is C24H29N3O5. The van der Waals surface area contributed by atoms with Crippen LogP contribution in [0.15, 0.2) is 36.4 Å². The summed E-state index contributed by atoms with van der Waals surface area (Å²) in [5.41, 5.74) is 2.12. The molecular weight excluding hydrogens is 410 g/mol. The van der Waals surface area contributed by atoms with E-state index in [1.54, 1.807) is 32.0 Å². The lowest BCUT2D eigenvalue weighted by Gasteiger charge is -2.17. The fraction of sp³-hybridized carbons (Fsp3) is 0.375. The van der Waals surface area contributed by atoms with Crippen molar-refractivity contribution in [2.24, 2.45) is 0 Å². The van der Waals surface area contributed by atoms with Gasteiger partial charge in [-0.3, -0.25) is 14.5 Å². The van der Waals surface area contributed by atoms with Crippen molar-refractivity contribution in [3.05, 3.63) is 53.1 Å². The summed E-state index contributed by atoms with van der Waals surface area (Å²) in [6.45, 7) is 8.91. The second-order valence-corrected chi connectivity index (χ2v) is 7.61. The summed E-state index contributed by atoms with van der Waals surface area (Å²) >= 11 is 0. The predicted octanol–water partition coefficient (Wildman–Crippen LogP) is 3.85. The molecule has 0 saturated heterocycles. The van der Waals surface area contributed by atoms with Crippen LogP contribution in [-0.4, -0.2) is 48.5 Å². The van der Waals surface area contributed by atoms with Crippen molar-refractivity contribution >= 4 is 23.5 Å². The van der Waals surface area contributed by atoms with E-state index >= 15 is 0 Å². The van der Waals surface area contributed by atoms with Crippen molar-refractivity contribution in [1.82, 2.24) is 10.2 Å². The van der Waals surface area contributed by atoms with Crippen LogP contribution in [0.5, 0.6) is 11.5 Å².